The van der Waals surface area contributed by atoms with E-state index < -0.39 is 0 Å². The van der Waals surface area contributed by atoms with Crippen LogP contribution in [0.15, 0.2) is 58.5 Å². The lowest BCUT2D eigenvalue weighted by atomic mass is 10.2. The lowest BCUT2D eigenvalue weighted by Crippen LogP contribution is -2.11. The molecule has 6 heteroatoms. The summed E-state index contributed by atoms with van der Waals surface area (Å²) in [6.45, 7) is 2.04. The van der Waals surface area contributed by atoms with Gasteiger partial charge in [-0.2, -0.15) is 0 Å². The summed E-state index contributed by atoms with van der Waals surface area (Å²) in [6.07, 6.45) is 1.70. The maximum absolute atomic E-state index is 12.0. The maximum Gasteiger partial charge on any atom is 0.266 e. The molecule has 0 unspecified atom stereocenters. The standard InChI is InChI=1S/C17H14BrN3OS/c1-11-9-12(4-6-14(11)18)20-13-5-7-16(19-10-13)21-17(22)15-3-2-8-23-15/h2-10,20H,1H3,(H,19,21,22). The van der Waals surface area contributed by atoms with Crippen LogP contribution in [0.4, 0.5) is 17.2 Å². The van der Waals surface area contributed by atoms with E-state index >= 15 is 0 Å². The zero-order valence-corrected chi connectivity index (χ0v) is 14.7. The minimum Gasteiger partial charge on any atom is -0.354 e. The Hall–Kier alpha value is -2.18. The summed E-state index contributed by atoms with van der Waals surface area (Å²) in [7, 11) is 0. The van der Waals surface area contributed by atoms with Gasteiger partial charge in [-0.15, -0.1) is 11.3 Å². The quantitative estimate of drug-likeness (QED) is 0.645. The number of thiophene rings is 1. The second-order valence-corrected chi connectivity index (χ2v) is 6.75. The molecule has 116 valence electrons. The summed E-state index contributed by atoms with van der Waals surface area (Å²) in [5, 5.41) is 7.94. The van der Waals surface area contributed by atoms with Gasteiger partial charge in [-0.3, -0.25) is 4.79 Å². The first kappa shape index (κ1) is 15.7. The van der Waals surface area contributed by atoms with Gasteiger partial charge in [0.1, 0.15) is 5.82 Å². The highest BCUT2D eigenvalue weighted by atomic mass is 79.9. The summed E-state index contributed by atoms with van der Waals surface area (Å²) in [4.78, 5) is 16.9. The minimum absolute atomic E-state index is 0.142. The van der Waals surface area contributed by atoms with E-state index in [1.165, 1.54) is 11.3 Å². The third-order valence-corrected chi connectivity index (χ3v) is 4.96. The van der Waals surface area contributed by atoms with Crippen LogP contribution in [0, 0.1) is 6.92 Å². The predicted octanol–water partition coefficient (Wildman–Crippen LogP) is 5.21. The molecule has 0 bridgehead atoms. The van der Waals surface area contributed by atoms with Crippen molar-refractivity contribution in [3.63, 3.8) is 0 Å². The van der Waals surface area contributed by atoms with E-state index in [0.717, 1.165) is 21.4 Å². The van der Waals surface area contributed by atoms with E-state index in [-0.39, 0.29) is 5.91 Å². The number of hydrogen-bond acceptors (Lipinski definition) is 4. The SMILES string of the molecule is Cc1cc(Nc2ccc(NC(=O)c3cccs3)nc2)ccc1Br. The lowest BCUT2D eigenvalue weighted by Gasteiger charge is -2.09. The summed E-state index contributed by atoms with van der Waals surface area (Å²) >= 11 is 4.89. The van der Waals surface area contributed by atoms with Crippen LogP contribution in [0.3, 0.4) is 0 Å². The molecule has 0 fully saturated rings. The molecule has 0 aliphatic rings. The van der Waals surface area contributed by atoms with Crippen LogP contribution in [0.25, 0.3) is 0 Å². The first-order chi connectivity index (χ1) is 11.1. The zero-order chi connectivity index (χ0) is 16.2. The van der Waals surface area contributed by atoms with Crippen molar-refractivity contribution in [3.05, 3.63) is 69.0 Å². The maximum atomic E-state index is 12.0. The summed E-state index contributed by atoms with van der Waals surface area (Å²) in [5.74, 6) is 0.387. The van der Waals surface area contributed by atoms with Gasteiger partial charge < -0.3 is 10.6 Å². The Balaban J connectivity index is 1.67. The largest absolute Gasteiger partial charge is 0.354 e. The van der Waals surface area contributed by atoms with Crippen LogP contribution in [-0.4, -0.2) is 10.9 Å². The zero-order valence-electron chi connectivity index (χ0n) is 12.3. The van der Waals surface area contributed by atoms with Gasteiger partial charge in [-0.1, -0.05) is 22.0 Å². The molecule has 2 aromatic heterocycles. The van der Waals surface area contributed by atoms with Crippen LogP contribution in [0.5, 0.6) is 0 Å². The van der Waals surface area contributed by atoms with Crippen LogP contribution >= 0.6 is 27.3 Å². The van der Waals surface area contributed by atoms with Gasteiger partial charge >= 0.3 is 0 Å². The molecule has 0 aliphatic carbocycles. The normalized spacial score (nSPS) is 10.3. The van der Waals surface area contributed by atoms with Gasteiger partial charge in [0.25, 0.3) is 5.91 Å². The van der Waals surface area contributed by atoms with Crippen molar-refractivity contribution in [1.29, 1.82) is 0 Å². The molecule has 0 aliphatic heterocycles. The van der Waals surface area contributed by atoms with E-state index in [9.17, 15) is 4.79 Å². The Morgan fingerprint density at radius 1 is 1.17 bits per heavy atom. The average molecular weight is 388 g/mol. The first-order valence-corrected chi connectivity index (χ1v) is 8.63. The van der Waals surface area contributed by atoms with Gasteiger partial charge in [0.05, 0.1) is 16.8 Å². The molecule has 4 nitrogen and oxygen atoms in total. The summed E-state index contributed by atoms with van der Waals surface area (Å²) in [6, 6.07) is 13.3. The molecular weight excluding hydrogens is 374 g/mol. The number of pyridine rings is 1. The summed E-state index contributed by atoms with van der Waals surface area (Å²) < 4.78 is 1.08. The smallest absolute Gasteiger partial charge is 0.266 e. The number of amides is 1. The predicted molar refractivity (Wildman–Crippen MR) is 98.7 cm³/mol. The molecule has 0 saturated heterocycles. The molecular formula is C17H14BrN3OS. The van der Waals surface area contributed by atoms with E-state index in [1.54, 1.807) is 18.3 Å². The molecule has 23 heavy (non-hydrogen) atoms. The van der Waals surface area contributed by atoms with Gasteiger partial charge in [0, 0.05) is 10.2 Å². The fourth-order valence-electron chi connectivity index (χ4n) is 2.02. The Bertz CT molecular complexity index is 816. The van der Waals surface area contributed by atoms with Crippen LogP contribution < -0.4 is 10.6 Å². The Kier molecular flexibility index (Phi) is 4.73. The molecule has 3 rings (SSSR count). The molecule has 0 spiro atoms. The molecule has 1 amide bonds. The molecule has 0 radical (unpaired) electrons. The number of carbonyl (C=O) groups excluding carboxylic acids is 1. The van der Waals surface area contributed by atoms with E-state index in [2.05, 4.69) is 37.6 Å². The van der Waals surface area contributed by atoms with Crippen molar-refractivity contribution in [2.24, 2.45) is 0 Å². The molecule has 0 atom stereocenters. The molecule has 2 N–H and O–H groups in total. The van der Waals surface area contributed by atoms with Gasteiger partial charge in [-0.05, 0) is 54.3 Å². The second kappa shape index (κ2) is 6.93. The molecule has 1 aromatic carbocycles. The van der Waals surface area contributed by atoms with Crippen molar-refractivity contribution in [1.82, 2.24) is 4.98 Å². The average Bonchev–Trinajstić information content (AvgIpc) is 3.07. The highest BCUT2D eigenvalue weighted by Gasteiger charge is 2.07. The van der Waals surface area contributed by atoms with Crippen molar-refractivity contribution >= 4 is 50.4 Å². The number of benzene rings is 1. The van der Waals surface area contributed by atoms with Crippen LogP contribution in [0.2, 0.25) is 0 Å². The lowest BCUT2D eigenvalue weighted by molar-refractivity contribution is 0.103. The fraction of sp³-hybridized carbons (Fsp3) is 0.0588. The minimum atomic E-state index is -0.142. The third kappa shape index (κ3) is 3.97. The van der Waals surface area contributed by atoms with E-state index in [0.29, 0.717) is 10.7 Å². The van der Waals surface area contributed by atoms with Crippen molar-refractivity contribution in [2.45, 2.75) is 6.92 Å². The molecule has 3 aromatic rings. The van der Waals surface area contributed by atoms with Gasteiger partial charge in [-0.25, -0.2) is 4.98 Å². The first-order valence-electron chi connectivity index (χ1n) is 6.96. The monoisotopic (exact) mass is 387 g/mol. The Labute approximate surface area is 146 Å². The van der Waals surface area contributed by atoms with Gasteiger partial charge in [0.2, 0.25) is 0 Å². The second-order valence-electron chi connectivity index (χ2n) is 4.95. The number of hydrogen-bond donors (Lipinski definition) is 2. The number of carbonyl (C=O) groups is 1. The van der Waals surface area contributed by atoms with Gasteiger partial charge in [0.15, 0.2) is 0 Å². The van der Waals surface area contributed by atoms with Crippen molar-refractivity contribution in [2.75, 3.05) is 10.6 Å². The molecule has 0 saturated carbocycles. The third-order valence-electron chi connectivity index (χ3n) is 3.20. The van der Waals surface area contributed by atoms with Crippen LogP contribution in [0.1, 0.15) is 15.2 Å². The fourth-order valence-corrected chi connectivity index (χ4v) is 2.88. The van der Waals surface area contributed by atoms with E-state index in [1.807, 2.05) is 36.6 Å². The van der Waals surface area contributed by atoms with Crippen LogP contribution in [-0.2, 0) is 0 Å². The highest BCUT2D eigenvalue weighted by Crippen LogP contribution is 2.23. The number of halogens is 1. The highest BCUT2D eigenvalue weighted by molar-refractivity contribution is 9.10. The van der Waals surface area contributed by atoms with Crippen molar-refractivity contribution < 1.29 is 4.79 Å². The number of nitrogens with zero attached hydrogens (tertiary/aromatic N) is 1. The number of aryl methyl sites for hydroxylation is 1. The number of aromatic nitrogens is 1. The Morgan fingerprint density at radius 3 is 2.65 bits per heavy atom. The topological polar surface area (TPSA) is 54.0 Å². The van der Waals surface area contributed by atoms with E-state index in [4.69, 9.17) is 0 Å². The Morgan fingerprint density at radius 2 is 2.00 bits per heavy atom. The summed E-state index contributed by atoms with van der Waals surface area (Å²) in [5.41, 5.74) is 3.01. The number of anilines is 3. The number of rotatable bonds is 4. The van der Waals surface area contributed by atoms with Crippen molar-refractivity contribution in [3.8, 4) is 0 Å². The molecule has 2 heterocycles. The number of nitrogens with one attached hydrogen (secondary N) is 2.